The highest BCUT2D eigenvalue weighted by atomic mass is 32.1. The lowest BCUT2D eigenvalue weighted by Crippen LogP contribution is -2.37. The summed E-state index contributed by atoms with van der Waals surface area (Å²) in [5.41, 5.74) is 5.78. The predicted molar refractivity (Wildman–Crippen MR) is 119 cm³/mol. The molecule has 0 unspecified atom stereocenters. The largest absolute Gasteiger partial charge is 0.444 e. The molecule has 0 bridgehead atoms. The zero-order valence-corrected chi connectivity index (χ0v) is 19.0. The quantitative estimate of drug-likeness (QED) is 0.721. The fourth-order valence-electron chi connectivity index (χ4n) is 3.58. The van der Waals surface area contributed by atoms with Gasteiger partial charge in [-0.15, -0.1) is 11.3 Å². The SMILES string of the molecule is CCc1nc(N2CCC(CCNC(=O)OC(C)(C)C)CC2)c2sc(C(N)=O)cc2n1. The number of carbonyl (C=O) groups is 2. The van der Waals surface area contributed by atoms with E-state index in [1.54, 1.807) is 6.07 Å². The van der Waals surface area contributed by atoms with Crippen molar-refractivity contribution in [3.8, 4) is 0 Å². The third kappa shape index (κ3) is 5.59. The summed E-state index contributed by atoms with van der Waals surface area (Å²) in [7, 11) is 0. The van der Waals surface area contributed by atoms with Crippen molar-refractivity contribution in [2.75, 3.05) is 24.5 Å². The molecule has 0 radical (unpaired) electrons. The van der Waals surface area contributed by atoms with Crippen LogP contribution in [-0.4, -0.2) is 47.2 Å². The maximum atomic E-state index is 11.8. The number of nitrogens with one attached hydrogen (secondary N) is 1. The van der Waals surface area contributed by atoms with Gasteiger partial charge in [0, 0.05) is 26.1 Å². The number of fused-ring (bicyclic) bond motifs is 1. The van der Waals surface area contributed by atoms with E-state index in [2.05, 4.69) is 15.2 Å². The van der Waals surface area contributed by atoms with E-state index in [1.807, 2.05) is 27.7 Å². The van der Waals surface area contributed by atoms with Gasteiger partial charge in [-0.25, -0.2) is 14.8 Å². The lowest BCUT2D eigenvalue weighted by molar-refractivity contribution is 0.0524. The number of carbonyl (C=O) groups excluding carboxylic acids is 2. The molecule has 8 nitrogen and oxygen atoms in total. The molecule has 1 aliphatic rings. The van der Waals surface area contributed by atoms with Crippen molar-refractivity contribution in [2.24, 2.45) is 11.7 Å². The van der Waals surface area contributed by atoms with Gasteiger partial charge in [-0.1, -0.05) is 6.92 Å². The first-order valence-corrected chi connectivity index (χ1v) is 11.3. The van der Waals surface area contributed by atoms with Crippen LogP contribution in [0.25, 0.3) is 10.2 Å². The van der Waals surface area contributed by atoms with E-state index in [9.17, 15) is 9.59 Å². The number of aromatic nitrogens is 2. The van der Waals surface area contributed by atoms with Crippen LogP contribution in [0.3, 0.4) is 0 Å². The summed E-state index contributed by atoms with van der Waals surface area (Å²) in [5.74, 6) is 1.79. The molecule has 0 aromatic carbocycles. The zero-order valence-electron chi connectivity index (χ0n) is 18.2. The molecule has 2 amide bonds. The molecule has 0 atom stereocenters. The van der Waals surface area contributed by atoms with Crippen LogP contribution in [0.15, 0.2) is 6.07 Å². The molecule has 2 aromatic rings. The zero-order chi connectivity index (χ0) is 21.9. The Hall–Kier alpha value is -2.42. The molecule has 0 aliphatic carbocycles. The number of nitrogens with zero attached hydrogens (tertiary/aromatic N) is 3. The van der Waals surface area contributed by atoms with Crippen LogP contribution in [0.2, 0.25) is 0 Å². The van der Waals surface area contributed by atoms with Crippen molar-refractivity contribution in [1.82, 2.24) is 15.3 Å². The van der Waals surface area contributed by atoms with Gasteiger partial charge in [0.2, 0.25) is 0 Å². The topological polar surface area (TPSA) is 110 Å². The molecule has 1 aliphatic heterocycles. The molecular weight excluding hydrogens is 402 g/mol. The van der Waals surface area contributed by atoms with Crippen LogP contribution >= 0.6 is 11.3 Å². The second-order valence-electron chi connectivity index (χ2n) is 8.65. The molecule has 3 heterocycles. The fourth-order valence-corrected chi connectivity index (χ4v) is 4.55. The van der Waals surface area contributed by atoms with Gasteiger partial charge in [0.15, 0.2) is 0 Å². The van der Waals surface area contributed by atoms with Crippen LogP contribution in [0.4, 0.5) is 10.6 Å². The van der Waals surface area contributed by atoms with E-state index in [0.717, 1.165) is 60.6 Å². The van der Waals surface area contributed by atoms with E-state index in [1.165, 1.54) is 11.3 Å². The second-order valence-corrected chi connectivity index (χ2v) is 9.71. The Labute approximate surface area is 181 Å². The van der Waals surface area contributed by atoms with Crippen molar-refractivity contribution in [3.63, 3.8) is 0 Å². The normalized spacial score (nSPS) is 15.4. The van der Waals surface area contributed by atoms with Crippen molar-refractivity contribution in [3.05, 3.63) is 16.8 Å². The first-order valence-electron chi connectivity index (χ1n) is 10.5. The van der Waals surface area contributed by atoms with Crippen molar-refractivity contribution in [2.45, 2.75) is 59.0 Å². The Morgan fingerprint density at radius 1 is 1.30 bits per heavy atom. The third-order valence-electron chi connectivity index (χ3n) is 5.09. The van der Waals surface area contributed by atoms with Gasteiger partial charge in [-0.2, -0.15) is 0 Å². The molecule has 3 N–H and O–H groups in total. The smallest absolute Gasteiger partial charge is 0.407 e. The van der Waals surface area contributed by atoms with Crippen LogP contribution in [0.1, 0.15) is 62.5 Å². The number of rotatable bonds is 6. The standard InChI is InChI=1S/C21H31N5O3S/c1-5-16-24-14-12-15(18(22)27)30-17(14)19(25-16)26-10-7-13(8-11-26)6-9-23-20(28)29-21(2,3)4/h12-13H,5-11H2,1-4H3,(H2,22,27)(H,23,28). The summed E-state index contributed by atoms with van der Waals surface area (Å²) < 4.78 is 6.20. The number of primary amides is 1. The van der Waals surface area contributed by atoms with Crippen molar-refractivity contribution < 1.29 is 14.3 Å². The minimum absolute atomic E-state index is 0.363. The predicted octanol–water partition coefficient (Wildman–Crippen LogP) is 3.48. The van der Waals surface area contributed by atoms with Crippen LogP contribution in [-0.2, 0) is 11.2 Å². The Kier molecular flexibility index (Phi) is 6.80. The van der Waals surface area contributed by atoms with Crippen molar-refractivity contribution in [1.29, 1.82) is 0 Å². The molecule has 164 valence electrons. The van der Waals surface area contributed by atoms with Gasteiger partial charge in [-0.3, -0.25) is 4.79 Å². The Bertz CT molecular complexity index is 913. The fraction of sp³-hybridized carbons (Fsp3) is 0.619. The van der Waals surface area contributed by atoms with E-state index in [-0.39, 0.29) is 6.09 Å². The van der Waals surface area contributed by atoms with Crippen LogP contribution in [0, 0.1) is 5.92 Å². The number of nitrogens with two attached hydrogens (primary N) is 1. The Morgan fingerprint density at radius 3 is 2.60 bits per heavy atom. The lowest BCUT2D eigenvalue weighted by Gasteiger charge is -2.33. The molecule has 3 rings (SSSR count). The summed E-state index contributed by atoms with van der Waals surface area (Å²) in [6.45, 7) is 9.98. The maximum Gasteiger partial charge on any atom is 0.407 e. The minimum Gasteiger partial charge on any atom is -0.444 e. The van der Waals surface area contributed by atoms with Gasteiger partial charge in [-0.05, 0) is 52.0 Å². The number of anilines is 1. The maximum absolute atomic E-state index is 11.8. The molecule has 1 saturated heterocycles. The number of hydrogen-bond acceptors (Lipinski definition) is 7. The monoisotopic (exact) mass is 433 g/mol. The van der Waals surface area contributed by atoms with Gasteiger partial charge in [0.1, 0.15) is 17.2 Å². The van der Waals surface area contributed by atoms with E-state index in [0.29, 0.717) is 17.3 Å². The second kappa shape index (κ2) is 9.16. The molecule has 2 aromatic heterocycles. The first-order chi connectivity index (χ1) is 14.2. The highest BCUT2D eigenvalue weighted by molar-refractivity contribution is 7.21. The van der Waals surface area contributed by atoms with Gasteiger partial charge >= 0.3 is 6.09 Å². The Morgan fingerprint density at radius 2 is 2.00 bits per heavy atom. The molecule has 0 spiro atoms. The van der Waals surface area contributed by atoms with E-state index < -0.39 is 11.5 Å². The number of ether oxygens (including phenoxy) is 1. The number of hydrogen-bond donors (Lipinski definition) is 2. The number of alkyl carbamates (subject to hydrolysis) is 1. The van der Waals surface area contributed by atoms with Gasteiger partial charge < -0.3 is 20.7 Å². The van der Waals surface area contributed by atoms with Crippen LogP contribution < -0.4 is 16.0 Å². The lowest BCUT2D eigenvalue weighted by atomic mass is 9.93. The van der Waals surface area contributed by atoms with Gasteiger partial charge in [0.05, 0.1) is 15.1 Å². The molecular formula is C21H31N5O3S. The first kappa shape index (κ1) is 22.3. The molecule has 1 fully saturated rings. The summed E-state index contributed by atoms with van der Waals surface area (Å²) in [6, 6.07) is 1.77. The van der Waals surface area contributed by atoms with Gasteiger partial charge in [0.25, 0.3) is 5.91 Å². The average molecular weight is 434 g/mol. The summed E-state index contributed by atoms with van der Waals surface area (Å²) in [4.78, 5) is 35.5. The summed E-state index contributed by atoms with van der Waals surface area (Å²) in [6.07, 6.45) is 3.35. The van der Waals surface area contributed by atoms with Crippen LogP contribution in [0.5, 0.6) is 0 Å². The molecule has 9 heteroatoms. The highest BCUT2D eigenvalue weighted by Crippen LogP contribution is 2.34. The number of thiophene rings is 1. The number of aryl methyl sites for hydroxylation is 1. The summed E-state index contributed by atoms with van der Waals surface area (Å²) in [5, 5.41) is 2.84. The van der Waals surface area contributed by atoms with E-state index >= 15 is 0 Å². The third-order valence-corrected chi connectivity index (χ3v) is 6.23. The Balaban J connectivity index is 1.60. The number of piperidine rings is 1. The summed E-state index contributed by atoms with van der Waals surface area (Å²) >= 11 is 1.36. The van der Waals surface area contributed by atoms with E-state index in [4.69, 9.17) is 15.5 Å². The minimum atomic E-state index is -0.480. The highest BCUT2D eigenvalue weighted by Gasteiger charge is 2.24. The average Bonchev–Trinajstić information content (AvgIpc) is 3.11. The number of amides is 2. The van der Waals surface area contributed by atoms with Crippen molar-refractivity contribution >= 4 is 39.4 Å². The molecule has 0 saturated carbocycles. The molecule has 30 heavy (non-hydrogen) atoms.